The molecule has 0 N–H and O–H groups in total. The molecular formula is C11H9FO. The van der Waals surface area contributed by atoms with Gasteiger partial charge in [0.1, 0.15) is 5.82 Å². The highest BCUT2D eigenvalue weighted by Gasteiger charge is 1.88. The van der Waals surface area contributed by atoms with Crippen molar-refractivity contribution in [2.45, 2.75) is 0 Å². The van der Waals surface area contributed by atoms with E-state index in [0.717, 1.165) is 0 Å². The van der Waals surface area contributed by atoms with Crippen LogP contribution in [-0.2, 0) is 4.74 Å². The quantitative estimate of drug-likeness (QED) is 0.471. The minimum atomic E-state index is -0.275. The first-order valence-electron chi connectivity index (χ1n) is 3.78. The Morgan fingerprint density at radius 1 is 1.46 bits per heavy atom. The lowest BCUT2D eigenvalue weighted by atomic mass is 10.2. The molecule has 0 atom stereocenters. The van der Waals surface area contributed by atoms with Crippen LogP contribution in [0.1, 0.15) is 5.56 Å². The van der Waals surface area contributed by atoms with Gasteiger partial charge in [-0.05, 0) is 18.2 Å². The average molecular weight is 176 g/mol. The van der Waals surface area contributed by atoms with E-state index in [0.29, 0.717) is 5.56 Å². The molecule has 0 fully saturated rings. The molecule has 13 heavy (non-hydrogen) atoms. The normalized spacial score (nSPS) is 9.38. The van der Waals surface area contributed by atoms with Gasteiger partial charge in [-0.1, -0.05) is 17.9 Å². The van der Waals surface area contributed by atoms with Crippen molar-refractivity contribution in [3.63, 3.8) is 0 Å². The lowest BCUT2D eigenvalue weighted by molar-refractivity contribution is 0.338. The fraction of sp³-hybridized carbons (Fsp3) is 0.0909. The van der Waals surface area contributed by atoms with Crippen molar-refractivity contribution in [2.24, 2.45) is 0 Å². The van der Waals surface area contributed by atoms with Crippen LogP contribution >= 0.6 is 0 Å². The fourth-order valence-electron chi connectivity index (χ4n) is 0.793. The molecule has 1 aromatic rings. The van der Waals surface area contributed by atoms with Crippen molar-refractivity contribution in [3.05, 3.63) is 48.0 Å². The molecule has 1 rings (SSSR count). The predicted octanol–water partition coefficient (Wildman–Crippen LogP) is 2.34. The Hall–Kier alpha value is -1.75. The predicted molar refractivity (Wildman–Crippen MR) is 49.4 cm³/mol. The third-order valence-electron chi connectivity index (χ3n) is 1.33. The van der Waals surface area contributed by atoms with Gasteiger partial charge in [0.15, 0.2) is 0 Å². The molecule has 0 aliphatic rings. The van der Waals surface area contributed by atoms with Crippen molar-refractivity contribution in [1.82, 2.24) is 0 Å². The molecule has 0 aliphatic heterocycles. The van der Waals surface area contributed by atoms with Crippen LogP contribution in [0.2, 0.25) is 0 Å². The second kappa shape index (κ2) is 5.00. The molecule has 2 heteroatoms. The van der Waals surface area contributed by atoms with E-state index in [-0.39, 0.29) is 5.82 Å². The Labute approximate surface area is 76.8 Å². The maximum atomic E-state index is 12.6. The molecule has 0 heterocycles. The molecule has 0 bridgehead atoms. The highest BCUT2D eigenvalue weighted by molar-refractivity contribution is 5.36. The molecule has 0 aromatic heterocycles. The average Bonchev–Trinajstić information content (AvgIpc) is 2.13. The van der Waals surface area contributed by atoms with Crippen LogP contribution in [-0.4, -0.2) is 7.11 Å². The Bertz CT molecular complexity index is 358. The standard InChI is InChI=1S/C11H9FO/c1-13-8-3-2-5-10-6-4-7-11(12)9-10/h3-4,6-9H,1H3/b8-3+. The Balaban J connectivity index is 2.72. The zero-order valence-electron chi connectivity index (χ0n) is 7.25. The topological polar surface area (TPSA) is 9.23 Å². The summed E-state index contributed by atoms with van der Waals surface area (Å²) in [6, 6.07) is 6.14. The first-order valence-corrected chi connectivity index (χ1v) is 3.78. The molecule has 0 spiro atoms. The van der Waals surface area contributed by atoms with Gasteiger partial charge >= 0.3 is 0 Å². The lowest BCUT2D eigenvalue weighted by Gasteiger charge is -1.88. The third-order valence-corrected chi connectivity index (χ3v) is 1.33. The summed E-state index contributed by atoms with van der Waals surface area (Å²) in [5.41, 5.74) is 0.653. The van der Waals surface area contributed by atoms with Crippen molar-refractivity contribution in [2.75, 3.05) is 7.11 Å². The first kappa shape index (κ1) is 9.34. The third kappa shape index (κ3) is 3.44. The van der Waals surface area contributed by atoms with E-state index in [4.69, 9.17) is 0 Å². The maximum Gasteiger partial charge on any atom is 0.124 e. The van der Waals surface area contributed by atoms with Crippen LogP contribution in [0.4, 0.5) is 4.39 Å². The zero-order valence-corrected chi connectivity index (χ0v) is 7.25. The van der Waals surface area contributed by atoms with Gasteiger partial charge in [-0.15, -0.1) is 0 Å². The highest BCUT2D eigenvalue weighted by Crippen LogP contribution is 2.00. The van der Waals surface area contributed by atoms with E-state index < -0.39 is 0 Å². The van der Waals surface area contributed by atoms with Gasteiger partial charge in [-0.2, -0.15) is 0 Å². The van der Waals surface area contributed by atoms with Gasteiger partial charge in [0.05, 0.1) is 13.4 Å². The molecular weight excluding hydrogens is 167 g/mol. The zero-order chi connectivity index (χ0) is 9.52. The molecule has 0 saturated carbocycles. The molecule has 1 aromatic carbocycles. The summed E-state index contributed by atoms with van der Waals surface area (Å²) in [7, 11) is 1.54. The molecule has 1 nitrogen and oxygen atoms in total. The Morgan fingerprint density at radius 2 is 2.31 bits per heavy atom. The second-order valence-electron chi connectivity index (χ2n) is 2.32. The number of hydrogen-bond acceptors (Lipinski definition) is 1. The molecule has 0 amide bonds. The molecule has 0 unspecified atom stereocenters. The van der Waals surface area contributed by atoms with Gasteiger partial charge in [0, 0.05) is 11.6 Å². The molecule has 66 valence electrons. The highest BCUT2D eigenvalue weighted by atomic mass is 19.1. The smallest absolute Gasteiger partial charge is 0.124 e. The molecule has 0 saturated heterocycles. The van der Waals surface area contributed by atoms with Crippen LogP contribution in [0.5, 0.6) is 0 Å². The number of benzene rings is 1. The van der Waals surface area contributed by atoms with Crippen LogP contribution < -0.4 is 0 Å². The van der Waals surface area contributed by atoms with Crippen molar-refractivity contribution in [3.8, 4) is 11.8 Å². The molecule has 0 aliphatic carbocycles. The largest absolute Gasteiger partial charge is 0.504 e. The summed E-state index contributed by atoms with van der Waals surface area (Å²) < 4.78 is 17.3. The van der Waals surface area contributed by atoms with Gasteiger partial charge in [-0.25, -0.2) is 4.39 Å². The number of methoxy groups -OCH3 is 1. The minimum Gasteiger partial charge on any atom is -0.504 e. The summed E-state index contributed by atoms with van der Waals surface area (Å²) in [4.78, 5) is 0. The van der Waals surface area contributed by atoms with Gasteiger partial charge in [-0.3, -0.25) is 0 Å². The first-order chi connectivity index (χ1) is 6.33. The Morgan fingerprint density at radius 3 is 3.00 bits per heavy atom. The van der Waals surface area contributed by atoms with Crippen molar-refractivity contribution < 1.29 is 9.13 Å². The van der Waals surface area contributed by atoms with Crippen LogP contribution in [0, 0.1) is 17.7 Å². The van der Waals surface area contributed by atoms with E-state index in [2.05, 4.69) is 16.6 Å². The summed E-state index contributed by atoms with van der Waals surface area (Å²) >= 11 is 0. The number of ether oxygens (including phenoxy) is 1. The van der Waals surface area contributed by atoms with Crippen molar-refractivity contribution in [1.29, 1.82) is 0 Å². The Kier molecular flexibility index (Phi) is 3.59. The SMILES string of the molecule is CO/C=C/C#Cc1cccc(F)c1. The van der Waals surface area contributed by atoms with E-state index in [1.165, 1.54) is 18.4 Å². The number of halogens is 1. The number of rotatable bonds is 1. The summed E-state index contributed by atoms with van der Waals surface area (Å²) in [5, 5.41) is 0. The summed E-state index contributed by atoms with van der Waals surface area (Å²) in [6.07, 6.45) is 3.03. The second-order valence-corrected chi connectivity index (χ2v) is 2.32. The summed E-state index contributed by atoms with van der Waals surface area (Å²) in [6.45, 7) is 0. The van der Waals surface area contributed by atoms with E-state index in [1.807, 2.05) is 0 Å². The maximum absolute atomic E-state index is 12.6. The van der Waals surface area contributed by atoms with Crippen molar-refractivity contribution >= 4 is 0 Å². The lowest BCUT2D eigenvalue weighted by Crippen LogP contribution is -1.76. The summed E-state index contributed by atoms with van der Waals surface area (Å²) in [5.74, 6) is 5.20. The van der Waals surface area contributed by atoms with Crippen LogP contribution in [0.25, 0.3) is 0 Å². The van der Waals surface area contributed by atoms with Crippen LogP contribution in [0.3, 0.4) is 0 Å². The molecule has 0 radical (unpaired) electrons. The minimum absolute atomic E-state index is 0.275. The van der Waals surface area contributed by atoms with Crippen LogP contribution in [0.15, 0.2) is 36.6 Å². The number of hydrogen-bond donors (Lipinski definition) is 0. The van der Waals surface area contributed by atoms with E-state index in [1.54, 1.807) is 25.3 Å². The van der Waals surface area contributed by atoms with Gasteiger partial charge in [0.25, 0.3) is 0 Å². The fourth-order valence-corrected chi connectivity index (χ4v) is 0.793. The monoisotopic (exact) mass is 176 g/mol. The van der Waals surface area contributed by atoms with Gasteiger partial charge in [0.2, 0.25) is 0 Å². The van der Waals surface area contributed by atoms with E-state index >= 15 is 0 Å². The van der Waals surface area contributed by atoms with E-state index in [9.17, 15) is 4.39 Å². The number of allylic oxidation sites excluding steroid dienone is 1. The van der Waals surface area contributed by atoms with Gasteiger partial charge < -0.3 is 4.74 Å².